The van der Waals surface area contributed by atoms with Crippen LogP contribution in [0.15, 0.2) is 71.6 Å². The standard InChI is InChI=1S/C22H18ClIN2O4S/c1-14-12-16(24)8-11-18(14)25-22(27)21-13-26(19-4-2-3-5-20(19)30-21)31(28,29)17-9-6-15(23)7-10-17/h2-12,21H,13H2,1H3,(H,25,27)/t21-/m0/s1. The molecule has 0 bridgehead atoms. The summed E-state index contributed by atoms with van der Waals surface area (Å²) in [7, 11) is -3.93. The number of carbonyl (C=O) groups is 1. The van der Waals surface area contributed by atoms with Crippen LogP contribution in [0.25, 0.3) is 0 Å². The molecule has 0 saturated carbocycles. The molecular formula is C22H18ClIN2O4S. The summed E-state index contributed by atoms with van der Waals surface area (Å²) in [5, 5.41) is 3.29. The number of halogens is 2. The van der Waals surface area contributed by atoms with Crippen molar-refractivity contribution in [1.82, 2.24) is 0 Å². The molecule has 0 radical (unpaired) electrons. The van der Waals surface area contributed by atoms with Crippen LogP contribution in [0, 0.1) is 10.5 Å². The Hall–Kier alpha value is -2.30. The third-order valence-electron chi connectivity index (χ3n) is 4.88. The number of nitrogens with zero attached hydrogens (tertiary/aromatic N) is 1. The predicted molar refractivity (Wildman–Crippen MR) is 129 cm³/mol. The van der Waals surface area contributed by atoms with Gasteiger partial charge in [0.25, 0.3) is 15.9 Å². The minimum atomic E-state index is -3.93. The number of anilines is 2. The summed E-state index contributed by atoms with van der Waals surface area (Å²) in [6.07, 6.45) is -1.02. The van der Waals surface area contributed by atoms with Crippen molar-refractivity contribution in [3.05, 3.63) is 80.9 Å². The number of carbonyl (C=O) groups excluding carboxylic acids is 1. The van der Waals surface area contributed by atoms with Crippen LogP contribution in [0.4, 0.5) is 11.4 Å². The van der Waals surface area contributed by atoms with E-state index in [1.54, 1.807) is 24.3 Å². The molecule has 1 amide bonds. The topological polar surface area (TPSA) is 75.7 Å². The molecule has 0 saturated heterocycles. The second kappa shape index (κ2) is 8.68. The lowest BCUT2D eigenvalue weighted by Crippen LogP contribution is -2.48. The number of fused-ring (bicyclic) bond motifs is 1. The van der Waals surface area contributed by atoms with Crippen LogP contribution in [-0.2, 0) is 14.8 Å². The van der Waals surface area contributed by atoms with Gasteiger partial charge >= 0.3 is 0 Å². The number of nitrogens with one attached hydrogen (secondary N) is 1. The maximum atomic E-state index is 13.4. The summed E-state index contributed by atoms with van der Waals surface area (Å²) in [6.45, 7) is 1.74. The van der Waals surface area contributed by atoms with E-state index >= 15 is 0 Å². The minimum absolute atomic E-state index is 0.0845. The second-order valence-electron chi connectivity index (χ2n) is 7.01. The Morgan fingerprint density at radius 2 is 1.84 bits per heavy atom. The summed E-state index contributed by atoms with van der Waals surface area (Å²) in [6, 6.07) is 18.3. The van der Waals surface area contributed by atoms with E-state index in [0.717, 1.165) is 9.13 Å². The zero-order valence-corrected chi connectivity index (χ0v) is 20.1. The highest BCUT2D eigenvalue weighted by atomic mass is 127. The maximum absolute atomic E-state index is 13.4. The summed E-state index contributed by atoms with van der Waals surface area (Å²) in [5.74, 6) is -0.0964. The number of rotatable bonds is 4. The van der Waals surface area contributed by atoms with Crippen LogP contribution < -0.4 is 14.4 Å². The average Bonchev–Trinajstić information content (AvgIpc) is 2.75. The van der Waals surface area contributed by atoms with Gasteiger partial charge in [0, 0.05) is 14.3 Å². The van der Waals surface area contributed by atoms with E-state index in [1.165, 1.54) is 28.6 Å². The summed E-state index contributed by atoms with van der Waals surface area (Å²) in [4.78, 5) is 13.1. The fourth-order valence-corrected chi connectivity index (χ4v) is 5.53. The third kappa shape index (κ3) is 4.51. The number of amides is 1. The van der Waals surface area contributed by atoms with Crippen LogP contribution in [0.3, 0.4) is 0 Å². The quantitative estimate of drug-likeness (QED) is 0.457. The molecule has 1 atom stereocenters. The Morgan fingerprint density at radius 1 is 1.13 bits per heavy atom. The Balaban J connectivity index is 1.67. The number of benzene rings is 3. The first-order valence-corrected chi connectivity index (χ1v) is 12.3. The van der Waals surface area contributed by atoms with Crippen LogP contribution in [0.1, 0.15) is 5.56 Å². The molecule has 0 aromatic heterocycles. The van der Waals surface area contributed by atoms with Crippen molar-refractivity contribution in [2.45, 2.75) is 17.9 Å². The van der Waals surface area contributed by atoms with Gasteiger partial charge < -0.3 is 10.1 Å². The second-order valence-corrected chi connectivity index (χ2v) is 10.6. The van der Waals surface area contributed by atoms with Gasteiger partial charge in [-0.2, -0.15) is 0 Å². The van der Waals surface area contributed by atoms with E-state index in [2.05, 4.69) is 27.9 Å². The molecule has 160 valence electrons. The molecule has 9 heteroatoms. The highest BCUT2D eigenvalue weighted by molar-refractivity contribution is 14.1. The van der Waals surface area contributed by atoms with Crippen molar-refractivity contribution in [1.29, 1.82) is 0 Å². The molecule has 4 rings (SSSR count). The highest BCUT2D eigenvalue weighted by Gasteiger charge is 2.37. The van der Waals surface area contributed by atoms with E-state index < -0.39 is 22.0 Å². The minimum Gasteiger partial charge on any atom is -0.476 e. The fraction of sp³-hybridized carbons (Fsp3) is 0.136. The molecule has 0 unspecified atom stereocenters. The Bertz CT molecular complexity index is 1250. The van der Waals surface area contributed by atoms with Crippen molar-refractivity contribution in [2.24, 2.45) is 0 Å². The molecule has 31 heavy (non-hydrogen) atoms. The van der Waals surface area contributed by atoms with Gasteiger partial charge in [-0.05, 0) is 89.7 Å². The molecule has 1 heterocycles. The molecule has 3 aromatic carbocycles. The van der Waals surface area contributed by atoms with E-state index in [1.807, 2.05) is 25.1 Å². The third-order valence-corrected chi connectivity index (χ3v) is 7.59. The molecule has 0 spiro atoms. The Kier molecular flexibility index (Phi) is 6.14. The molecule has 0 fully saturated rings. The average molecular weight is 569 g/mol. The Labute approximate surface area is 199 Å². The summed E-state index contributed by atoms with van der Waals surface area (Å²) < 4.78 is 34.9. The smallest absolute Gasteiger partial charge is 0.267 e. The van der Waals surface area contributed by atoms with Gasteiger partial charge in [-0.1, -0.05) is 23.7 Å². The molecule has 1 N–H and O–H groups in total. The lowest BCUT2D eigenvalue weighted by atomic mass is 10.2. The molecule has 1 aliphatic rings. The number of para-hydroxylation sites is 2. The van der Waals surface area contributed by atoms with Crippen LogP contribution in [-0.4, -0.2) is 27.0 Å². The molecule has 0 aliphatic carbocycles. The number of sulfonamides is 1. The van der Waals surface area contributed by atoms with E-state index in [9.17, 15) is 13.2 Å². The number of aryl methyl sites for hydroxylation is 1. The molecule has 6 nitrogen and oxygen atoms in total. The zero-order valence-electron chi connectivity index (χ0n) is 16.4. The molecule has 3 aromatic rings. The molecule has 1 aliphatic heterocycles. The van der Waals surface area contributed by atoms with Crippen molar-refractivity contribution < 1.29 is 17.9 Å². The van der Waals surface area contributed by atoms with Gasteiger partial charge in [0.1, 0.15) is 5.75 Å². The van der Waals surface area contributed by atoms with Gasteiger partial charge in [0.15, 0.2) is 6.10 Å². The lowest BCUT2D eigenvalue weighted by molar-refractivity contribution is -0.122. The zero-order chi connectivity index (χ0) is 22.2. The number of ether oxygens (including phenoxy) is 1. The largest absolute Gasteiger partial charge is 0.476 e. The SMILES string of the molecule is Cc1cc(I)ccc1NC(=O)[C@@H]1CN(S(=O)(=O)c2ccc(Cl)cc2)c2ccccc2O1. The predicted octanol–water partition coefficient (Wildman–Crippen LogP) is 4.85. The van der Waals surface area contributed by atoms with Crippen LogP contribution in [0.2, 0.25) is 5.02 Å². The van der Waals surface area contributed by atoms with Crippen molar-refractivity contribution in [2.75, 3.05) is 16.2 Å². The van der Waals surface area contributed by atoms with E-state index in [-0.39, 0.29) is 11.4 Å². The van der Waals surface area contributed by atoms with Gasteiger partial charge in [0.2, 0.25) is 0 Å². The van der Waals surface area contributed by atoms with Crippen LogP contribution in [0.5, 0.6) is 5.75 Å². The Morgan fingerprint density at radius 3 is 2.55 bits per heavy atom. The van der Waals surface area contributed by atoms with E-state index in [0.29, 0.717) is 22.1 Å². The van der Waals surface area contributed by atoms with E-state index in [4.69, 9.17) is 16.3 Å². The van der Waals surface area contributed by atoms with Gasteiger partial charge in [-0.25, -0.2) is 8.42 Å². The first-order chi connectivity index (χ1) is 14.8. The summed E-state index contributed by atoms with van der Waals surface area (Å²) >= 11 is 8.11. The van der Waals surface area contributed by atoms with Crippen molar-refractivity contribution >= 4 is 61.5 Å². The van der Waals surface area contributed by atoms with Gasteiger partial charge in [-0.3, -0.25) is 9.10 Å². The first kappa shape index (κ1) is 21.9. The summed E-state index contributed by atoms with van der Waals surface area (Å²) in [5.41, 5.74) is 1.94. The normalized spacial score (nSPS) is 15.7. The fourth-order valence-electron chi connectivity index (χ4n) is 3.28. The van der Waals surface area contributed by atoms with Gasteiger partial charge in [0.05, 0.1) is 17.1 Å². The number of hydrogen-bond donors (Lipinski definition) is 1. The first-order valence-electron chi connectivity index (χ1n) is 9.37. The number of hydrogen-bond acceptors (Lipinski definition) is 4. The monoisotopic (exact) mass is 568 g/mol. The molecular weight excluding hydrogens is 551 g/mol. The lowest BCUT2D eigenvalue weighted by Gasteiger charge is -2.34. The highest BCUT2D eigenvalue weighted by Crippen LogP contribution is 2.37. The van der Waals surface area contributed by atoms with Crippen LogP contribution >= 0.6 is 34.2 Å². The maximum Gasteiger partial charge on any atom is 0.267 e. The van der Waals surface area contributed by atoms with Crippen molar-refractivity contribution in [3.63, 3.8) is 0 Å². The van der Waals surface area contributed by atoms with Gasteiger partial charge in [-0.15, -0.1) is 0 Å². The van der Waals surface area contributed by atoms with Crippen molar-refractivity contribution in [3.8, 4) is 5.75 Å².